The highest BCUT2D eigenvalue weighted by Gasteiger charge is 2.17. The number of nitrogens with zero attached hydrogens (tertiary/aromatic N) is 2. The van der Waals surface area contributed by atoms with Gasteiger partial charge >= 0.3 is 0 Å². The fourth-order valence-electron chi connectivity index (χ4n) is 2.67. The van der Waals surface area contributed by atoms with Crippen molar-refractivity contribution in [2.24, 2.45) is 0 Å². The third-order valence-corrected chi connectivity index (χ3v) is 4.40. The van der Waals surface area contributed by atoms with Crippen LogP contribution in [-0.4, -0.2) is 21.8 Å². The number of halogens is 2. The molecule has 0 unspecified atom stereocenters. The molecule has 0 radical (unpaired) electrons. The first-order valence-corrected chi connectivity index (χ1v) is 8.42. The minimum absolute atomic E-state index is 0.167. The molecule has 4 nitrogen and oxygen atoms in total. The Morgan fingerprint density at radius 3 is 2.71 bits per heavy atom. The zero-order chi connectivity index (χ0) is 17.3. The van der Waals surface area contributed by atoms with Crippen LogP contribution in [0.1, 0.15) is 27.3 Å². The summed E-state index contributed by atoms with van der Waals surface area (Å²) in [5, 5.41) is 2.91. The van der Waals surface area contributed by atoms with Gasteiger partial charge in [0.1, 0.15) is 11.5 Å². The number of carbonyl (C=O) groups is 1. The molecule has 0 aliphatic heterocycles. The van der Waals surface area contributed by atoms with Crippen LogP contribution < -0.4 is 5.32 Å². The van der Waals surface area contributed by atoms with Crippen molar-refractivity contribution in [3.63, 3.8) is 0 Å². The fraction of sp³-hybridized carbons (Fsp3) is 0.222. The van der Waals surface area contributed by atoms with E-state index in [1.165, 1.54) is 12.1 Å². The monoisotopic (exact) mass is 389 g/mol. The number of aromatic nitrogens is 2. The first-order chi connectivity index (χ1) is 11.5. The number of rotatable bonds is 4. The van der Waals surface area contributed by atoms with Gasteiger partial charge in [0.2, 0.25) is 0 Å². The van der Waals surface area contributed by atoms with Crippen molar-refractivity contribution in [1.29, 1.82) is 0 Å². The second-order valence-electron chi connectivity index (χ2n) is 5.74. The molecule has 1 N–H and O–H groups in total. The molecule has 6 heteroatoms. The first-order valence-electron chi connectivity index (χ1n) is 7.63. The van der Waals surface area contributed by atoms with E-state index in [0.717, 1.165) is 21.2 Å². The number of pyridine rings is 1. The molecule has 124 valence electrons. The van der Waals surface area contributed by atoms with Crippen LogP contribution in [0.3, 0.4) is 0 Å². The van der Waals surface area contributed by atoms with Crippen molar-refractivity contribution in [3.8, 4) is 0 Å². The van der Waals surface area contributed by atoms with Crippen LogP contribution in [0, 0.1) is 19.7 Å². The summed E-state index contributed by atoms with van der Waals surface area (Å²) in [7, 11) is 0. The Kier molecular flexibility index (Phi) is 4.66. The highest BCUT2D eigenvalue weighted by atomic mass is 79.9. The summed E-state index contributed by atoms with van der Waals surface area (Å²) in [6.07, 6.45) is 2.54. The van der Waals surface area contributed by atoms with Crippen molar-refractivity contribution in [3.05, 3.63) is 69.3 Å². The quantitative estimate of drug-likeness (QED) is 0.736. The van der Waals surface area contributed by atoms with Gasteiger partial charge in [0.25, 0.3) is 5.91 Å². The van der Waals surface area contributed by atoms with Gasteiger partial charge in [0.05, 0.1) is 10.2 Å². The number of nitrogens with one attached hydrogen (secondary N) is 1. The summed E-state index contributed by atoms with van der Waals surface area (Å²) in [5.41, 5.74) is 3.95. The van der Waals surface area contributed by atoms with E-state index in [1.807, 2.05) is 30.5 Å². The molecule has 0 fully saturated rings. The Morgan fingerprint density at radius 2 is 2.00 bits per heavy atom. The lowest BCUT2D eigenvalue weighted by molar-refractivity contribution is 0.0947. The lowest BCUT2D eigenvalue weighted by Gasteiger charge is -2.07. The Balaban J connectivity index is 1.76. The van der Waals surface area contributed by atoms with E-state index < -0.39 is 0 Å². The Bertz CT molecular complexity index is 903. The average molecular weight is 390 g/mol. The Hall–Kier alpha value is -2.21. The van der Waals surface area contributed by atoms with Crippen LogP contribution >= 0.6 is 15.9 Å². The van der Waals surface area contributed by atoms with Gasteiger partial charge in [0.15, 0.2) is 5.65 Å². The normalized spacial score (nSPS) is 11.0. The maximum Gasteiger partial charge on any atom is 0.270 e. The van der Waals surface area contributed by atoms with Gasteiger partial charge in [-0.15, -0.1) is 0 Å². The summed E-state index contributed by atoms with van der Waals surface area (Å²) in [4.78, 5) is 17.0. The molecule has 2 heterocycles. The maximum atomic E-state index is 12.9. The Labute approximate surface area is 147 Å². The largest absolute Gasteiger partial charge is 0.350 e. The van der Waals surface area contributed by atoms with Gasteiger partial charge < -0.3 is 5.32 Å². The van der Waals surface area contributed by atoms with Crippen LogP contribution in [0.2, 0.25) is 0 Å². The lowest BCUT2D eigenvalue weighted by Crippen LogP contribution is -2.27. The van der Waals surface area contributed by atoms with Crippen LogP contribution in [0.15, 0.2) is 41.0 Å². The van der Waals surface area contributed by atoms with Gasteiger partial charge in [-0.3, -0.25) is 9.20 Å². The third kappa shape index (κ3) is 3.33. The van der Waals surface area contributed by atoms with E-state index in [-0.39, 0.29) is 11.7 Å². The van der Waals surface area contributed by atoms with Gasteiger partial charge in [-0.2, -0.15) is 0 Å². The van der Waals surface area contributed by atoms with Crippen LogP contribution in [0.4, 0.5) is 4.39 Å². The standard InChI is InChI=1S/C18H17BrFN3O/c1-11-9-15(19)17-22-12(2)16(23(17)10-11)18(24)21-8-7-13-3-5-14(20)6-4-13/h3-6,9-10H,7-8H2,1-2H3,(H,21,24). The molecule has 0 aliphatic rings. The zero-order valence-electron chi connectivity index (χ0n) is 13.4. The van der Waals surface area contributed by atoms with Crippen LogP contribution in [0.5, 0.6) is 0 Å². The molecule has 1 aromatic carbocycles. The molecular weight excluding hydrogens is 373 g/mol. The summed E-state index contributed by atoms with van der Waals surface area (Å²) >= 11 is 3.49. The van der Waals surface area contributed by atoms with E-state index >= 15 is 0 Å². The predicted octanol–water partition coefficient (Wildman–Crippen LogP) is 3.83. The molecule has 0 saturated carbocycles. The van der Waals surface area contributed by atoms with Gasteiger partial charge in [0, 0.05) is 12.7 Å². The summed E-state index contributed by atoms with van der Waals surface area (Å²) < 4.78 is 15.6. The molecule has 0 aliphatic carbocycles. The number of fused-ring (bicyclic) bond motifs is 1. The number of aryl methyl sites for hydroxylation is 2. The molecule has 3 aromatic rings. The number of amides is 1. The molecule has 0 saturated heterocycles. The second kappa shape index (κ2) is 6.73. The minimum Gasteiger partial charge on any atom is -0.350 e. The third-order valence-electron chi connectivity index (χ3n) is 3.81. The Morgan fingerprint density at radius 1 is 1.29 bits per heavy atom. The minimum atomic E-state index is -0.259. The predicted molar refractivity (Wildman–Crippen MR) is 94.8 cm³/mol. The van der Waals surface area contributed by atoms with E-state index in [2.05, 4.69) is 26.2 Å². The van der Waals surface area contributed by atoms with Crippen LogP contribution in [-0.2, 0) is 6.42 Å². The lowest BCUT2D eigenvalue weighted by atomic mass is 10.1. The second-order valence-corrected chi connectivity index (χ2v) is 6.59. The van der Waals surface area contributed by atoms with Gasteiger partial charge in [-0.05, 0) is 65.5 Å². The highest BCUT2D eigenvalue weighted by Crippen LogP contribution is 2.22. The van der Waals surface area contributed by atoms with Gasteiger partial charge in [-0.1, -0.05) is 12.1 Å². The number of benzene rings is 1. The molecule has 0 spiro atoms. The number of imidazole rings is 1. The number of hydrogen-bond donors (Lipinski definition) is 1. The first kappa shape index (κ1) is 16.6. The molecule has 3 rings (SSSR count). The number of carbonyl (C=O) groups excluding carboxylic acids is 1. The van der Waals surface area contributed by atoms with E-state index in [4.69, 9.17) is 0 Å². The van der Waals surface area contributed by atoms with Crippen molar-refractivity contribution >= 4 is 27.5 Å². The van der Waals surface area contributed by atoms with E-state index in [0.29, 0.717) is 24.4 Å². The van der Waals surface area contributed by atoms with Crippen LogP contribution in [0.25, 0.3) is 5.65 Å². The summed E-state index contributed by atoms with van der Waals surface area (Å²) in [5.74, 6) is -0.426. The SMILES string of the molecule is Cc1cc(Br)c2nc(C)c(C(=O)NCCc3ccc(F)cc3)n2c1. The average Bonchev–Trinajstić information content (AvgIpc) is 2.85. The smallest absolute Gasteiger partial charge is 0.270 e. The molecule has 0 bridgehead atoms. The molecule has 0 atom stereocenters. The van der Waals surface area contributed by atoms with Crippen molar-refractivity contribution < 1.29 is 9.18 Å². The maximum absolute atomic E-state index is 12.9. The molecule has 2 aromatic heterocycles. The molecule has 1 amide bonds. The summed E-state index contributed by atoms with van der Waals surface area (Å²) in [6.45, 7) is 4.27. The zero-order valence-corrected chi connectivity index (χ0v) is 15.0. The highest BCUT2D eigenvalue weighted by molar-refractivity contribution is 9.10. The summed E-state index contributed by atoms with van der Waals surface area (Å²) in [6, 6.07) is 8.26. The van der Waals surface area contributed by atoms with E-state index in [1.54, 1.807) is 12.1 Å². The van der Waals surface area contributed by atoms with E-state index in [9.17, 15) is 9.18 Å². The van der Waals surface area contributed by atoms with Crippen molar-refractivity contribution in [1.82, 2.24) is 14.7 Å². The van der Waals surface area contributed by atoms with Crippen molar-refractivity contribution in [2.75, 3.05) is 6.54 Å². The number of hydrogen-bond acceptors (Lipinski definition) is 2. The van der Waals surface area contributed by atoms with Gasteiger partial charge in [-0.25, -0.2) is 9.37 Å². The topological polar surface area (TPSA) is 46.4 Å². The fourth-order valence-corrected chi connectivity index (χ4v) is 3.32. The molecule has 24 heavy (non-hydrogen) atoms. The molecular formula is C18H17BrFN3O. The van der Waals surface area contributed by atoms with Crippen molar-refractivity contribution in [2.45, 2.75) is 20.3 Å².